The van der Waals surface area contributed by atoms with E-state index in [1.165, 1.54) is 95.9 Å². The van der Waals surface area contributed by atoms with Crippen LogP contribution in [0.4, 0.5) is 0 Å². The van der Waals surface area contributed by atoms with Crippen molar-refractivity contribution in [3.8, 4) is 11.4 Å². The molecule has 272 valence electrons. The Morgan fingerprint density at radius 3 is 1.50 bits per heavy atom. The SMILES string of the molecule is c1ccc(-n2c3ccccc3c3cc([Si](c4ccccc4)(c4ccccc4)c4ccc(-n5c6ccccc6c6ccc7sc8ccccc8c7c65)cc4)ccc32)cc1. The van der Waals surface area contributed by atoms with Crippen LogP contribution in [-0.4, -0.2) is 17.2 Å². The van der Waals surface area contributed by atoms with Crippen LogP contribution in [0, 0.1) is 0 Å². The van der Waals surface area contributed by atoms with Crippen molar-refractivity contribution < 1.29 is 0 Å². The highest BCUT2D eigenvalue weighted by molar-refractivity contribution is 7.26. The molecule has 0 amide bonds. The number of hydrogen-bond donors (Lipinski definition) is 0. The third kappa shape index (κ3) is 4.76. The summed E-state index contributed by atoms with van der Waals surface area (Å²) in [7, 11) is -2.88. The van der Waals surface area contributed by atoms with Gasteiger partial charge in [0.05, 0.1) is 22.1 Å². The summed E-state index contributed by atoms with van der Waals surface area (Å²) < 4.78 is 7.56. The molecule has 12 aromatic rings. The number of rotatable bonds is 6. The monoisotopic (exact) mass is 772 g/mol. The largest absolute Gasteiger partial charge is 0.309 e. The molecule has 0 bridgehead atoms. The molecule has 0 aliphatic carbocycles. The third-order valence-electron chi connectivity index (χ3n) is 12.3. The summed E-state index contributed by atoms with van der Waals surface area (Å²) >= 11 is 1.88. The number of hydrogen-bond acceptors (Lipinski definition) is 1. The van der Waals surface area contributed by atoms with Crippen LogP contribution < -0.4 is 20.7 Å². The topological polar surface area (TPSA) is 9.86 Å². The van der Waals surface area contributed by atoms with Crippen molar-refractivity contribution >= 4 is 104 Å². The predicted octanol–water partition coefficient (Wildman–Crippen LogP) is 11.6. The van der Waals surface area contributed by atoms with Gasteiger partial charge in [0.15, 0.2) is 8.07 Å². The van der Waals surface area contributed by atoms with Gasteiger partial charge in [0.2, 0.25) is 0 Å². The highest BCUT2D eigenvalue weighted by atomic mass is 32.1. The number of para-hydroxylation sites is 3. The van der Waals surface area contributed by atoms with Crippen molar-refractivity contribution in [2.24, 2.45) is 0 Å². The lowest BCUT2D eigenvalue weighted by molar-refractivity contribution is 1.18. The molecule has 4 heteroatoms. The van der Waals surface area contributed by atoms with Gasteiger partial charge < -0.3 is 9.13 Å². The fraction of sp³-hybridized carbons (Fsp3) is 0. The molecule has 0 fully saturated rings. The van der Waals surface area contributed by atoms with Crippen molar-refractivity contribution in [1.29, 1.82) is 0 Å². The molecule has 0 aliphatic heterocycles. The van der Waals surface area contributed by atoms with E-state index in [1.54, 1.807) is 0 Å². The summed E-state index contributed by atoms with van der Waals surface area (Å²) in [4.78, 5) is 0. The van der Waals surface area contributed by atoms with Gasteiger partial charge in [-0.1, -0.05) is 164 Å². The van der Waals surface area contributed by atoms with Gasteiger partial charge in [0.25, 0.3) is 0 Å². The van der Waals surface area contributed by atoms with Gasteiger partial charge >= 0.3 is 0 Å². The number of fused-ring (bicyclic) bond motifs is 10. The standard InChI is InChI=1S/C54H36N2SSi/c1-4-16-37(17-5-1)55-48-25-13-11-23-44(48)47-36-42(32-34-50(47)55)58(39-18-6-2-7-19-39,40-20-8-3-9-21-40)41-30-28-38(29-31-41)56-49-26-14-10-22-43(49)45-33-35-52-53(54(45)56)46-24-12-15-27-51(46)57-52/h1-36H. The fourth-order valence-electron chi connectivity index (χ4n) is 9.83. The molecule has 3 aromatic heterocycles. The lowest BCUT2D eigenvalue weighted by Gasteiger charge is -2.34. The molecular formula is C54H36N2SSi. The van der Waals surface area contributed by atoms with E-state index in [0.717, 1.165) is 0 Å². The first-order valence-corrected chi connectivity index (χ1v) is 22.8. The molecular weight excluding hydrogens is 737 g/mol. The van der Waals surface area contributed by atoms with Crippen LogP contribution in [0.3, 0.4) is 0 Å². The molecule has 0 atom stereocenters. The number of nitrogens with zero attached hydrogens (tertiary/aromatic N) is 2. The predicted molar refractivity (Wildman–Crippen MR) is 252 cm³/mol. The van der Waals surface area contributed by atoms with E-state index in [0.29, 0.717) is 0 Å². The number of aromatic nitrogens is 2. The molecule has 0 N–H and O–H groups in total. The van der Waals surface area contributed by atoms with E-state index in [9.17, 15) is 0 Å². The maximum absolute atomic E-state index is 2.88. The Balaban J connectivity index is 1.14. The maximum Gasteiger partial charge on any atom is 0.179 e. The van der Waals surface area contributed by atoms with Crippen molar-refractivity contribution in [3.63, 3.8) is 0 Å². The summed E-state index contributed by atoms with van der Waals surface area (Å²) in [6, 6.07) is 81.5. The van der Waals surface area contributed by atoms with Crippen LogP contribution in [0.2, 0.25) is 0 Å². The van der Waals surface area contributed by atoms with Crippen LogP contribution in [0.1, 0.15) is 0 Å². The Labute approximate surface area is 341 Å². The quantitative estimate of drug-likeness (QED) is 0.118. The molecule has 0 saturated carbocycles. The van der Waals surface area contributed by atoms with Gasteiger partial charge in [0, 0.05) is 53.1 Å². The second-order valence-electron chi connectivity index (χ2n) is 15.2. The minimum Gasteiger partial charge on any atom is -0.309 e. The molecule has 0 unspecified atom stereocenters. The first-order valence-electron chi connectivity index (χ1n) is 19.9. The van der Waals surface area contributed by atoms with Gasteiger partial charge in [-0.05, 0) is 75.3 Å². The van der Waals surface area contributed by atoms with E-state index in [-0.39, 0.29) is 0 Å². The van der Waals surface area contributed by atoms with Crippen molar-refractivity contribution in [2.75, 3.05) is 0 Å². The minimum atomic E-state index is -2.88. The van der Waals surface area contributed by atoms with Crippen LogP contribution in [0.25, 0.3) is 75.2 Å². The Hall–Kier alpha value is -6.98. The second-order valence-corrected chi connectivity index (χ2v) is 20.1. The van der Waals surface area contributed by atoms with E-state index in [4.69, 9.17) is 0 Å². The maximum atomic E-state index is 2.52. The lowest BCUT2D eigenvalue weighted by Crippen LogP contribution is -2.74. The van der Waals surface area contributed by atoms with Crippen LogP contribution in [0.15, 0.2) is 218 Å². The molecule has 9 aromatic carbocycles. The summed E-state index contributed by atoms with van der Waals surface area (Å²) in [5.41, 5.74) is 7.28. The molecule has 0 spiro atoms. The third-order valence-corrected chi connectivity index (χ3v) is 18.2. The lowest BCUT2D eigenvalue weighted by atomic mass is 10.1. The summed E-state index contributed by atoms with van der Waals surface area (Å²) in [6.45, 7) is 0. The molecule has 58 heavy (non-hydrogen) atoms. The highest BCUT2D eigenvalue weighted by Crippen LogP contribution is 2.43. The van der Waals surface area contributed by atoms with Gasteiger partial charge in [0.1, 0.15) is 0 Å². The van der Waals surface area contributed by atoms with Crippen LogP contribution in [-0.2, 0) is 0 Å². The smallest absolute Gasteiger partial charge is 0.179 e. The Morgan fingerprint density at radius 2 is 0.810 bits per heavy atom. The van der Waals surface area contributed by atoms with Gasteiger partial charge in [-0.2, -0.15) is 0 Å². The zero-order valence-corrected chi connectivity index (χ0v) is 33.4. The average Bonchev–Trinajstić information content (AvgIpc) is 3.96. The Bertz CT molecular complexity index is 3450. The van der Waals surface area contributed by atoms with Crippen LogP contribution in [0.5, 0.6) is 0 Å². The second kappa shape index (κ2) is 13.0. The minimum absolute atomic E-state index is 1.17. The van der Waals surface area contributed by atoms with Crippen molar-refractivity contribution in [2.45, 2.75) is 0 Å². The summed E-state index contributed by atoms with van der Waals surface area (Å²) in [5, 5.41) is 13.2. The first kappa shape index (κ1) is 33.2. The van der Waals surface area contributed by atoms with E-state index < -0.39 is 8.07 Å². The highest BCUT2D eigenvalue weighted by Gasteiger charge is 2.42. The molecule has 0 saturated heterocycles. The normalized spacial score (nSPS) is 12.1. The molecule has 3 heterocycles. The zero-order chi connectivity index (χ0) is 38.2. The van der Waals surface area contributed by atoms with Gasteiger partial charge in [-0.15, -0.1) is 11.3 Å². The van der Waals surface area contributed by atoms with E-state index in [1.807, 2.05) is 11.3 Å². The summed E-state index contributed by atoms with van der Waals surface area (Å²) in [6.07, 6.45) is 0. The molecule has 0 radical (unpaired) electrons. The molecule has 2 nitrogen and oxygen atoms in total. The Morgan fingerprint density at radius 1 is 0.310 bits per heavy atom. The molecule has 12 rings (SSSR count). The van der Waals surface area contributed by atoms with Gasteiger partial charge in [-0.25, -0.2) is 0 Å². The van der Waals surface area contributed by atoms with Crippen LogP contribution >= 0.6 is 11.3 Å². The van der Waals surface area contributed by atoms with Crippen molar-refractivity contribution in [1.82, 2.24) is 9.13 Å². The number of thiophene rings is 1. The van der Waals surface area contributed by atoms with Gasteiger partial charge in [-0.3, -0.25) is 0 Å². The molecule has 0 aliphatic rings. The van der Waals surface area contributed by atoms with E-state index in [2.05, 4.69) is 228 Å². The fourth-order valence-corrected chi connectivity index (χ4v) is 15.7. The Kier molecular flexibility index (Phi) is 7.46. The van der Waals surface area contributed by atoms with Crippen molar-refractivity contribution in [3.05, 3.63) is 218 Å². The zero-order valence-electron chi connectivity index (χ0n) is 31.6. The first-order chi connectivity index (χ1) is 28.8. The summed E-state index contributed by atoms with van der Waals surface area (Å²) in [5.74, 6) is 0. The number of benzene rings is 9. The average molecular weight is 773 g/mol. The van der Waals surface area contributed by atoms with E-state index >= 15 is 0 Å².